The molecule has 0 saturated heterocycles. The first-order chi connectivity index (χ1) is 15.6. The van der Waals surface area contributed by atoms with Gasteiger partial charge in [-0.15, -0.1) is 16.4 Å². The fraction of sp³-hybridized carbons (Fsp3) is 0.120. The summed E-state index contributed by atoms with van der Waals surface area (Å²) in [5, 5.41) is 8.20. The van der Waals surface area contributed by atoms with Crippen LogP contribution in [0.3, 0.4) is 0 Å². The van der Waals surface area contributed by atoms with Crippen molar-refractivity contribution in [2.24, 2.45) is 16.7 Å². The van der Waals surface area contributed by atoms with Gasteiger partial charge in [0.25, 0.3) is 0 Å². The highest BCUT2D eigenvalue weighted by molar-refractivity contribution is 7.16. The number of benzene rings is 2. The van der Waals surface area contributed by atoms with Crippen LogP contribution in [0.15, 0.2) is 69.9 Å². The highest BCUT2D eigenvalue weighted by atomic mass is 32.1. The Morgan fingerprint density at radius 2 is 1.91 bits per heavy atom. The van der Waals surface area contributed by atoms with Gasteiger partial charge in [-0.05, 0) is 81.3 Å². The summed E-state index contributed by atoms with van der Waals surface area (Å²) >= 11 is 3.41. The van der Waals surface area contributed by atoms with Crippen molar-refractivity contribution in [3.05, 3.63) is 92.6 Å². The Hall–Kier alpha value is -3.26. The lowest BCUT2D eigenvalue weighted by Gasteiger charge is -2.16. The predicted octanol–water partition coefficient (Wildman–Crippen LogP) is 5.78. The third-order valence-electron chi connectivity index (χ3n) is 5.29. The summed E-state index contributed by atoms with van der Waals surface area (Å²) in [6.45, 7) is 4.40. The lowest BCUT2D eigenvalue weighted by molar-refractivity contribution is 0.805. The van der Waals surface area contributed by atoms with Crippen LogP contribution in [0.4, 0.5) is 0 Å². The van der Waals surface area contributed by atoms with Gasteiger partial charge >= 0.3 is 0 Å². The van der Waals surface area contributed by atoms with Crippen molar-refractivity contribution in [2.45, 2.75) is 20.3 Å². The standard InChI is InChI=1S/C25H25N5S2/c1-3-20(21-14-31-13-16(21)2)25(19-9-10-23-22(12-19)28-15-32-23)18-7-4-17(5-8-18)6-11-24(26)29-30-27/h4-15,30H,3,27H2,1-2H3,(H2,26,29)/b11-6+,25-20+. The smallest absolute Gasteiger partial charge is 0.144 e. The van der Waals surface area contributed by atoms with E-state index in [1.54, 1.807) is 28.7 Å². The minimum atomic E-state index is 0.315. The fourth-order valence-corrected chi connectivity index (χ4v) is 5.28. The van der Waals surface area contributed by atoms with Gasteiger partial charge in [0.15, 0.2) is 0 Å². The molecule has 5 nitrogen and oxygen atoms in total. The second-order valence-corrected chi connectivity index (χ2v) is 8.96. The Balaban J connectivity index is 1.83. The number of nitrogens with zero attached hydrogens (tertiary/aromatic N) is 2. The number of thiophene rings is 1. The van der Waals surface area contributed by atoms with Crippen LogP contribution in [0.25, 0.3) is 27.4 Å². The van der Waals surface area contributed by atoms with Crippen molar-refractivity contribution in [1.82, 2.24) is 10.5 Å². The van der Waals surface area contributed by atoms with Gasteiger partial charge in [-0.3, -0.25) is 0 Å². The van der Waals surface area contributed by atoms with E-state index in [1.165, 1.54) is 38.1 Å². The zero-order chi connectivity index (χ0) is 22.5. The fourth-order valence-electron chi connectivity index (χ4n) is 3.75. The van der Waals surface area contributed by atoms with E-state index in [4.69, 9.17) is 11.6 Å². The predicted molar refractivity (Wildman–Crippen MR) is 139 cm³/mol. The van der Waals surface area contributed by atoms with Crippen LogP contribution in [0.1, 0.15) is 41.2 Å². The maximum Gasteiger partial charge on any atom is 0.144 e. The maximum absolute atomic E-state index is 5.76. The molecule has 0 aliphatic carbocycles. The average Bonchev–Trinajstić information content (AvgIpc) is 3.45. The molecule has 2 aromatic carbocycles. The number of allylic oxidation sites excluding steroid dienone is 1. The van der Waals surface area contributed by atoms with E-state index in [0.29, 0.717) is 5.84 Å². The average molecular weight is 460 g/mol. The Morgan fingerprint density at radius 1 is 1.12 bits per heavy atom. The van der Waals surface area contributed by atoms with Crippen molar-refractivity contribution < 1.29 is 0 Å². The summed E-state index contributed by atoms with van der Waals surface area (Å²) in [6.07, 6.45) is 4.56. The van der Waals surface area contributed by atoms with Gasteiger partial charge in [0, 0.05) is 0 Å². The van der Waals surface area contributed by atoms with Gasteiger partial charge in [-0.1, -0.05) is 43.3 Å². The summed E-state index contributed by atoms with van der Waals surface area (Å²) in [4.78, 5) is 4.54. The SMILES string of the molecule is CC/C(=C(/c1ccc(/C=C/C(N)=N/NN)cc1)c1ccc2scnc2c1)c1cscc1C. The van der Waals surface area contributed by atoms with E-state index < -0.39 is 0 Å². The molecule has 0 bridgehead atoms. The van der Waals surface area contributed by atoms with Crippen molar-refractivity contribution in [2.75, 3.05) is 0 Å². The molecule has 2 aromatic heterocycles. The molecule has 0 fully saturated rings. The van der Waals surface area contributed by atoms with Crippen LogP contribution in [0.5, 0.6) is 0 Å². The highest BCUT2D eigenvalue weighted by Gasteiger charge is 2.16. The van der Waals surface area contributed by atoms with Gasteiger partial charge in [-0.25, -0.2) is 16.4 Å². The molecule has 4 aromatic rings. The molecule has 0 saturated carbocycles. The molecule has 4 rings (SSSR count). The monoisotopic (exact) mass is 459 g/mol. The van der Waals surface area contributed by atoms with Crippen LogP contribution >= 0.6 is 22.7 Å². The minimum absolute atomic E-state index is 0.315. The summed E-state index contributed by atoms with van der Waals surface area (Å²) in [5.74, 6) is 5.48. The van der Waals surface area contributed by atoms with E-state index in [2.05, 4.69) is 82.7 Å². The normalized spacial score (nSPS) is 13.0. The van der Waals surface area contributed by atoms with Crippen LogP contribution in [-0.4, -0.2) is 10.8 Å². The molecule has 0 unspecified atom stereocenters. The van der Waals surface area contributed by atoms with Gasteiger partial charge in [-0.2, -0.15) is 11.3 Å². The molecule has 32 heavy (non-hydrogen) atoms. The zero-order valence-corrected chi connectivity index (χ0v) is 19.6. The van der Waals surface area contributed by atoms with Gasteiger partial charge < -0.3 is 5.73 Å². The molecule has 0 radical (unpaired) electrons. The van der Waals surface area contributed by atoms with E-state index >= 15 is 0 Å². The largest absolute Gasteiger partial charge is 0.382 e. The first-order valence-corrected chi connectivity index (χ1v) is 12.1. The first-order valence-electron chi connectivity index (χ1n) is 10.3. The molecule has 7 heteroatoms. The molecule has 0 spiro atoms. The van der Waals surface area contributed by atoms with E-state index in [-0.39, 0.29) is 0 Å². The second-order valence-electron chi connectivity index (χ2n) is 7.33. The number of nitrogens with one attached hydrogen (secondary N) is 1. The lowest BCUT2D eigenvalue weighted by Crippen LogP contribution is -2.20. The Morgan fingerprint density at radius 3 is 2.59 bits per heavy atom. The lowest BCUT2D eigenvalue weighted by atomic mass is 9.87. The zero-order valence-electron chi connectivity index (χ0n) is 18.0. The van der Waals surface area contributed by atoms with Crippen LogP contribution in [0, 0.1) is 6.92 Å². The molecule has 5 N–H and O–H groups in total. The Labute approximate surface area is 195 Å². The quantitative estimate of drug-likeness (QED) is 0.141. The summed E-state index contributed by atoms with van der Waals surface area (Å²) in [6, 6.07) is 15.1. The number of fused-ring (bicyclic) bond motifs is 1. The first kappa shape index (κ1) is 22.0. The van der Waals surface area contributed by atoms with Crippen LogP contribution in [-0.2, 0) is 0 Å². The number of hydrazine groups is 1. The number of rotatable bonds is 7. The Kier molecular flexibility index (Phi) is 6.80. The third-order valence-corrected chi connectivity index (χ3v) is 6.97. The molecule has 0 amide bonds. The molecular weight excluding hydrogens is 434 g/mol. The number of amidine groups is 1. The van der Waals surface area contributed by atoms with Crippen LogP contribution < -0.4 is 17.1 Å². The van der Waals surface area contributed by atoms with Crippen molar-refractivity contribution in [1.29, 1.82) is 0 Å². The van der Waals surface area contributed by atoms with Crippen molar-refractivity contribution in [3.8, 4) is 0 Å². The number of thiazole rings is 1. The number of hydrazone groups is 1. The van der Waals surface area contributed by atoms with Gasteiger partial charge in [0.1, 0.15) is 5.84 Å². The number of aryl methyl sites for hydroxylation is 1. The van der Waals surface area contributed by atoms with E-state index in [9.17, 15) is 0 Å². The minimum Gasteiger partial charge on any atom is -0.382 e. The number of hydrogen-bond acceptors (Lipinski definition) is 6. The van der Waals surface area contributed by atoms with Gasteiger partial charge in [0.2, 0.25) is 0 Å². The molecule has 162 valence electrons. The molecule has 0 aliphatic heterocycles. The second kappa shape index (κ2) is 9.91. The summed E-state index contributed by atoms with van der Waals surface area (Å²) in [7, 11) is 0. The molecule has 2 heterocycles. The number of aromatic nitrogens is 1. The molecular formula is C25H25N5S2. The molecule has 0 atom stereocenters. The maximum atomic E-state index is 5.76. The van der Waals surface area contributed by atoms with E-state index in [1.807, 2.05) is 11.6 Å². The summed E-state index contributed by atoms with van der Waals surface area (Å²) in [5.41, 5.74) is 19.5. The number of nitrogens with two attached hydrogens (primary N) is 2. The number of hydrogen-bond donors (Lipinski definition) is 3. The Bertz CT molecular complexity index is 1310. The highest BCUT2D eigenvalue weighted by Crippen LogP contribution is 2.38. The third kappa shape index (κ3) is 4.65. The van der Waals surface area contributed by atoms with Crippen molar-refractivity contribution in [3.63, 3.8) is 0 Å². The van der Waals surface area contributed by atoms with E-state index in [0.717, 1.165) is 17.5 Å². The van der Waals surface area contributed by atoms with Crippen molar-refractivity contribution >= 4 is 55.9 Å². The van der Waals surface area contributed by atoms with Gasteiger partial charge in [0.05, 0.1) is 15.7 Å². The van der Waals surface area contributed by atoms with Crippen LogP contribution in [0.2, 0.25) is 0 Å². The summed E-state index contributed by atoms with van der Waals surface area (Å²) < 4.78 is 1.20. The topological polar surface area (TPSA) is 89.3 Å². The molecule has 0 aliphatic rings.